The molecule has 1 fully saturated rings. The van der Waals surface area contributed by atoms with Crippen LogP contribution in [0.2, 0.25) is 0 Å². The summed E-state index contributed by atoms with van der Waals surface area (Å²) in [4.78, 5) is 0. The quantitative estimate of drug-likeness (QED) is 0.472. The molecule has 0 heterocycles. The number of anilines is 2. The Morgan fingerprint density at radius 2 is 1.55 bits per heavy atom. The van der Waals surface area contributed by atoms with Crippen LogP contribution in [0.15, 0.2) is 18.2 Å². The minimum atomic E-state index is 0.0544. The van der Waals surface area contributed by atoms with Gasteiger partial charge in [-0.15, -0.1) is 0 Å². The average molecular weight is 272 g/mol. The molecule has 0 spiro atoms. The Kier molecular flexibility index (Phi) is 3.08. The van der Waals surface area contributed by atoms with E-state index < -0.39 is 0 Å². The molecule has 0 radical (unpaired) electrons. The summed E-state index contributed by atoms with van der Waals surface area (Å²) in [7, 11) is 0. The molecular weight excluding hydrogens is 252 g/mol. The van der Waals surface area contributed by atoms with E-state index in [4.69, 9.17) is 11.5 Å². The fraction of sp³-hybridized carbons (Fsp3) is 0.375. The molecule has 1 aliphatic carbocycles. The van der Waals surface area contributed by atoms with Crippen molar-refractivity contribution in [1.82, 2.24) is 0 Å². The molecule has 2 aromatic rings. The number of fused-ring (bicyclic) bond motifs is 1. The number of nitrogens with two attached hydrogens (primary N) is 2. The van der Waals surface area contributed by atoms with E-state index in [1.165, 1.54) is 19.3 Å². The van der Waals surface area contributed by atoms with Gasteiger partial charge in [0.15, 0.2) is 0 Å². The van der Waals surface area contributed by atoms with Gasteiger partial charge in [0.1, 0.15) is 11.5 Å². The summed E-state index contributed by atoms with van der Waals surface area (Å²) in [5.41, 5.74) is 13.3. The van der Waals surface area contributed by atoms with Crippen LogP contribution >= 0.6 is 0 Å². The lowest BCUT2D eigenvalue weighted by Crippen LogP contribution is -2.06. The lowest BCUT2D eigenvalue weighted by atomic mass is 9.81. The molecular formula is C16H20N2O2. The van der Waals surface area contributed by atoms with Crippen LogP contribution < -0.4 is 11.5 Å². The lowest BCUT2D eigenvalue weighted by molar-refractivity contribution is 0.418. The highest BCUT2D eigenvalue weighted by Crippen LogP contribution is 2.45. The van der Waals surface area contributed by atoms with Gasteiger partial charge in [-0.2, -0.15) is 0 Å². The molecule has 3 rings (SSSR count). The average Bonchev–Trinajstić information content (AvgIpc) is 2.44. The molecule has 0 bridgehead atoms. The van der Waals surface area contributed by atoms with E-state index in [1.54, 1.807) is 18.2 Å². The Hall–Kier alpha value is -2.10. The first-order chi connectivity index (χ1) is 9.58. The summed E-state index contributed by atoms with van der Waals surface area (Å²) in [6, 6.07) is 5.08. The summed E-state index contributed by atoms with van der Waals surface area (Å²) in [5, 5.41) is 22.0. The van der Waals surface area contributed by atoms with Gasteiger partial charge in [0.2, 0.25) is 0 Å². The molecule has 6 N–H and O–H groups in total. The van der Waals surface area contributed by atoms with Gasteiger partial charge in [-0.3, -0.25) is 0 Å². The second-order valence-corrected chi connectivity index (χ2v) is 5.70. The van der Waals surface area contributed by atoms with E-state index in [2.05, 4.69) is 0 Å². The predicted molar refractivity (Wildman–Crippen MR) is 81.9 cm³/mol. The molecule has 1 aliphatic rings. The van der Waals surface area contributed by atoms with E-state index >= 15 is 0 Å². The van der Waals surface area contributed by atoms with Crippen LogP contribution in [-0.2, 0) is 0 Å². The number of hydrogen-bond donors (Lipinski definition) is 4. The van der Waals surface area contributed by atoms with Crippen molar-refractivity contribution in [2.75, 3.05) is 11.5 Å². The smallest absolute Gasteiger partial charge is 0.142 e. The SMILES string of the molecule is Nc1cc2cc(N)c(O)c(C3CCCCC3)c2cc1O. The Bertz CT molecular complexity index is 656. The van der Waals surface area contributed by atoms with Gasteiger partial charge in [-0.1, -0.05) is 19.3 Å². The highest BCUT2D eigenvalue weighted by atomic mass is 16.3. The molecule has 0 aliphatic heterocycles. The van der Waals surface area contributed by atoms with Crippen LogP contribution in [0.4, 0.5) is 11.4 Å². The number of phenolic OH excluding ortho intramolecular Hbond substituents is 2. The Balaban J connectivity index is 2.26. The summed E-state index contributed by atoms with van der Waals surface area (Å²) in [6.07, 6.45) is 5.69. The highest BCUT2D eigenvalue weighted by molar-refractivity contribution is 5.95. The van der Waals surface area contributed by atoms with E-state index in [9.17, 15) is 10.2 Å². The minimum absolute atomic E-state index is 0.0544. The fourth-order valence-electron chi connectivity index (χ4n) is 3.30. The molecule has 1 saturated carbocycles. The van der Waals surface area contributed by atoms with E-state index in [0.29, 0.717) is 17.3 Å². The van der Waals surface area contributed by atoms with Crippen molar-refractivity contribution in [3.8, 4) is 11.5 Å². The first-order valence-electron chi connectivity index (χ1n) is 7.11. The van der Waals surface area contributed by atoms with Gasteiger partial charge in [0.05, 0.1) is 11.4 Å². The van der Waals surface area contributed by atoms with E-state index in [0.717, 1.165) is 29.2 Å². The molecule has 2 aromatic carbocycles. The van der Waals surface area contributed by atoms with E-state index in [1.807, 2.05) is 0 Å². The third kappa shape index (κ3) is 2.01. The summed E-state index contributed by atoms with van der Waals surface area (Å²) >= 11 is 0. The Morgan fingerprint density at radius 1 is 0.900 bits per heavy atom. The van der Waals surface area contributed by atoms with Crippen LogP contribution in [0.1, 0.15) is 43.6 Å². The number of nitrogen functional groups attached to an aromatic ring is 2. The topological polar surface area (TPSA) is 92.5 Å². The maximum Gasteiger partial charge on any atom is 0.142 e. The van der Waals surface area contributed by atoms with Gasteiger partial charge in [-0.25, -0.2) is 0 Å². The molecule has 20 heavy (non-hydrogen) atoms. The number of rotatable bonds is 1. The lowest BCUT2D eigenvalue weighted by Gasteiger charge is -2.25. The van der Waals surface area contributed by atoms with Gasteiger partial charge in [-0.05, 0) is 47.7 Å². The standard InChI is InChI=1S/C16H20N2O2/c17-12-6-10-7-13(18)16(20)15(11(10)8-14(12)19)9-4-2-1-3-5-9/h6-9,19-20H,1-5,17-18H2. The second kappa shape index (κ2) is 4.78. The fourth-order valence-corrected chi connectivity index (χ4v) is 3.30. The minimum Gasteiger partial charge on any atom is -0.506 e. The van der Waals surface area contributed by atoms with Crippen molar-refractivity contribution in [3.63, 3.8) is 0 Å². The van der Waals surface area contributed by atoms with Crippen molar-refractivity contribution >= 4 is 22.1 Å². The molecule has 0 atom stereocenters. The van der Waals surface area contributed by atoms with Crippen LogP contribution in [0.3, 0.4) is 0 Å². The first-order valence-corrected chi connectivity index (χ1v) is 7.11. The largest absolute Gasteiger partial charge is 0.506 e. The van der Waals surface area contributed by atoms with Crippen molar-refractivity contribution < 1.29 is 10.2 Å². The normalized spacial score (nSPS) is 16.6. The Labute approximate surface area is 118 Å². The van der Waals surface area contributed by atoms with Gasteiger partial charge in [0.25, 0.3) is 0 Å². The van der Waals surface area contributed by atoms with Crippen LogP contribution in [0.5, 0.6) is 11.5 Å². The maximum atomic E-state index is 10.4. The third-order valence-corrected chi connectivity index (χ3v) is 4.34. The van der Waals surface area contributed by atoms with Crippen molar-refractivity contribution in [1.29, 1.82) is 0 Å². The van der Waals surface area contributed by atoms with Crippen molar-refractivity contribution in [3.05, 3.63) is 23.8 Å². The number of aromatic hydroxyl groups is 2. The van der Waals surface area contributed by atoms with Crippen LogP contribution in [0, 0.1) is 0 Å². The summed E-state index contributed by atoms with van der Waals surface area (Å²) in [6.45, 7) is 0. The zero-order valence-electron chi connectivity index (χ0n) is 11.4. The number of phenols is 2. The van der Waals surface area contributed by atoms with Gasteiger partial charge < -0.3 is 21.7 Å². The van der Waals surface area contributed by atoms with Crippen molar-refractivity contribution in [2.45, 2.75) is 38.0 Å². The summed E-state index contributed by atoms with van der Waals surface area (Å²) < 4.78 is 0. The predicted octanol–water partition coefficient (Wildman–Crippen LogP) is 3.46. The zero-order chi connectivity index (χ0) is 14.3. The second-order valence-electron chi connectivity index (χ2n) is 5.70. The molecule has 0 amide bonds. The molecule has 0 unspecified atom stereocenters. The third-order valence-electron chi connectivity index (χ3n) is 4.34. The first kappa shape index (κ1) is 12.9. The van der Waals surface area contributed by atoms with Gasteiger partial charge in [0, 0.05) is 5.56 Å². The maximum absolute atomic E-state index is 10.4. The number of hydrogen-bond acceptors (Lipinski definition) is 4. The molecule has 106 valence electrons. The van der Waals surface area contributed by atoms with Crippen LogP contribution in [0.25, 0.3) is 10.8 Å². The highest BCUT2D eigenvalue weighted by Gasteiger charge is 2.23. The summed E-state index contributed by atoms with van der Waals surface area (Å²) in [5.74, 6) is 0.519. The van der Waals surface area contributed by atoms with E-state index in [-0.39, 0.29) is 11.5 Å². The molecule has 4 heteroatoms. The van der Waals surface area contributed by atoms with Crippen LogP contribution in [-0.4, -0.2) is 10.2 Å². The monoisotopic (exact) mass is 272 g/mol. The molecule has 0 aromatic heterocycles. The van der Waals surface area contributed by atoms with Gasteiger partial charge >= 0.3 is 0 Å². The number of benzene rings is 2. The molecule has 4 nitrogen and oxygen atoms in total. The Morgan fingerprint density at radius 3 is 2.25 bits per heavy atom. The zero-order valence-corrected chi connectivity index (χ0v) is 11.4. The van der Waals surface area contributed by atoms with Crippen molar-refractivity contribution in [2.24, 2.45) is 0 Å². The molecule has 0 saturated heterocycles.